The van der Waals surface area contributed by atoms with E-state index in [4.69, 9.17) is 9.72 Å². The van der Waals surface area contributed by atoms with E-state index in [1.54, 1.807) is 25.5 Å². The van der Waals surface area contributed by atoms with Crippen molar-refractivity contribution in [2.24, 2.45) is 0 Å². The lowest BCUT2D eigenvalue weighted by molar-refractivity contribution is 0.123. The number of hydrogen-bond donors (Lipinski definition) is 3. The minimum atomic E-state index is -0.513. The molecule has 142 valence electrons. The maximum Gasteiger partial charge on any atom is 0.145 e. The van der Waals surface area contributed by atoms with Gasteiger partial charge in [0.05, 0.1) is 30.4 Å². The number of hydrogen-bond acceptors (Lipinski definition) is 7. The fraction of sp³-hybridized carbons (Fsp3) is 0.421. The van der Waals surface area contributed by atoms with Gasteiger partial charge in [-0.05, 0) is 32.4 Å². The number of nitrogens with one attached hydrogen (secondary N) is 2. The lowest BCUT2D eigenvalue weighted by Crippen LogP contribution is -2.38. The molecule has 3 aromatic rings. The van der Waals surface area contributed by atoms with Crippen LogP contribution >= 0.6 is 0 Å². The van der Waals surface area contributed by atoms with Crippen LogP contribution in [-0.4, -0.2) is 56.3 Å². The van der Waals surface area contributed by atoms with Crippen LogP contribution in [0.4, 0.5) is 5.82 Å². The Hall–Kier alpha value is -2.71. The maximum absolute atomic E-state index is 9.35. The van der Waals surface area contributed by atoms with Crippen LogP contribution in [0.25, 0.3) is 17.0 Å². The summed E-state index contributed by atoms with van der Waals surface area (Å²) in [5.74, 6) is 1.44. The van der Waals surface area contributed by atoms with Crippen molar-refractivity contribution in [1.29, 1.82) is 0 Å². The van der Waals surface area contributed by atoms with Gasteiger partial charge in [0.25, 0.3) is 0 Å². The van der Waals surface area contributed by atoms with Gasteiger partial charge in [0.1, 0.15) is 29.5 Å². The topological polar surface area (TPSA) is 96.6 Å². The number of imidazole rings is 1. The van der Waals surface area contributed by atoms with Gasteiger partial charge in [0.15, 0.2) is 0 Å². The van der Waals surface area contributed by atoms with Gasteiger partial charge in [-0.2, -0.15) is 0 Å². The average Bonchev–Trinajstić information content (AvgIpc) is 3.11. The number of ether oxygens (including phenoxy) is 1. The van der Waals surface area contributed by atoms with Gasteiger partial charge in [0.2, 0.25) is 0 Å². The summed E-state index contributed by atoms with van der Waals surface area (Å²) < 4.78 is 7.50. The van der Waals surface area contributed by atoms with Gasteiger partial charge < -0.3 is 20.5 Å². The van der Waals surface area contributed by atoms with E-state index in [-0.39, 0.29) is 6.61 Å². The largest absolute Gasteiger partial charge is 0.491 e. The summed E-state index contributed by atoms with van der Waals surface area (Å²) in [6.45, 7) is 3.96. The van der Waals surface area contributed by atoms with Crippen molar-refractivity contribution in [3.05, 3.63) is 36.9 Å². The second kappa shape index (κ2) is 7.89. The highest BCUT2D eigenvalue weighted by atomic mass is 16.5. The van der Waals surface area contributed by atoms with Crippen molar-refractivity contribution >= 4 is 11.5 Å². The van der Waals surface area contributed by atoms with Crippen LogP contribution in [0.2, 0.25) is 0 Å². The number of anilines is 1. The molecule has 8 heteroatoms. The van der Waals surface area contributed by atoms with E-state index in [0.29, 0.717) is 11.8 Å². The minimum Gasteiger partial charge on any atom is -0.491 e. The number of nitrogens with zero attached hydrogens (tertiary/aromatic N) is 4. The molecule has 0 radical (unpaired) electrons. The van der Waals surface area contributed by atoms with E-state index in [0.717, 1.165) is 48.8 Å². The lowest BCUT2D eigenvalue weighted by atomic mass is 10.1. The minimum absolute atomic E-state index is 0.249. The highest BCUT2D eigenvalue weighted by Gasteiger charge is 2.14. The fourth-order valence-corrected chi connectivity index (χ4v) is 3.20. The smallest absolute Gasteiger partial charge is 0.145 e. The maximum atomic E-state index is 9.35. The number of fused-ring (bicyclic) bond motifs is 1. The monoisotopic (exact) mass is 368 g/mol. The molecule has 4 rings (SSSR count). The van der Waals surface area contributed by atoms with Crippen LogP contribution in [0.5, 0.6) is 5.75 Å². The summed E-state index contributed by atoms with van der Waals surface area (Å²) in [4.78, 5) is 13.5. The standard InChI is InChI=1S/C19H24N6O2/c1-13(26)12-27-15-4-6-25-17(10-22-19(25)7-15)16-9-21-11-18(24-16)23-14-3-2-5-20-8-14/h4,6-7,9-11,13-14,20,26H,2-3,5,8,12H2,1H3,(H,23,24). The average molecular weight is 368 g/mol. The summed E-state index contributed by atoms with van der Waals surface area (Å²) in [5.41, 5.74) is 2.38. The summed E-state index contributed by atoms with van der Waals surface area (Å²) in [7, 11) is 0. The summed E-state index contributed by atoms with van der Waals surface area (Å²) in [6.07, 6.45) is 8.95. The Kier molecular flexibility index (Phi) is 5.17. The van der Waals surface area contributed by atoms with E-state index in [1.807, 2.05) is 22.7 Å². The quantitative estimate of drug-likeness (QED) is 0.609. The molecular weight excluding hydrogens is 344 g/mol. The molecular formula is C19H24N6O2. The van der Waals surface area contributed by atoms with E-state index in [2.05, 4.69) is 20.6 Å². The van der Waals surface area contributed by atoms with Gasteiger partial charge in [-0.1, -0.05) is 0 Å². The van der Waals surface area contributed by atoms with Crippen molar-refractivity contribution in [1.82, 2.24) is 24.7 Å². The van der Waals surface area contributed by atoms with Crippen molar-refractivity contribution < 1.29 is 9.84 Å². The summed E-state index contributed by atoms with van der Waals surface area (Å²) in [5, 5.41) is 16.2. The van der Waals surface area contributed by atoms with Crippen LogP contribution in [0.15, 0.2) is 36.9 Å². The van der Waals surface area contributed by atoms with Crippen molar-refractivity contribution in [3.8, 4) is 17.1 Å². The Bertz CT molecular complexity index is 904. The second-order valence-electron chi connectivity index (χ2n) is 6.87. The number of pyridine rings is 1. The molecule has 4 heterocycles. The number of piperidine rings is 1. The highest BCUT2D eigenvalue weighted by Crippen LogP contribution is 2.23. The van der Waals surface area contributed by atoms with Crippen LogP contribution in [0.1, 0.15) is 19.8 Å². The molecule has 0 spiro atoms. The zero-order chi connectivity index (χ0) is 18.6. The third-order valence-corrected chi connectivity index (χ3v) is 4.52. The summed E-state index contributed by atoms with van der Waals surface area (Å²) in [6, 6.07) is 4.07. The van der Waals surface area contributed by atoms with Crippen molar-refractivity contribution in [2.75, 3.05) is 25.0 Å². The zero-order valence-corrected chi connectivity index (χ0v) is 15.3. The SMILES string of the molecule is CC(O)COc1ccn2c(-c3cncc(NC4CCCNC4)n3)cnc2c1. The van der Waals surface area contributed by atoms with E-state index in [1.165, 1.54) is 0 Å². The first kappa shape index (κ1) is 17.7. The lowest BCUT2D eigenvalue weighted by Gasteiger charge is -2.24. The van der Waals surface area contributed by atoms with Crippen molar-refractivity contribution in [2.45, 2.75) is 31.9 Å². The molecule has 0 bridgehead atoms. The highest BCUT2D eigenvalue weighted by molar-refractivity contribution is 5.61. The number of aliphatic hydroxyl groups excluding tert-OH is 1. The zero-order valence-electron chi connectivity index (χ0n) is 15.3. The first-order valence-corrected chi connectivity index (χ1v) is 9.27. The molecule has 1 saturated heterocycles. The Labute approximate surface area is 157 Å². The molecule has 0 amide bonds. The molecule has 27 heavy (non-hydrogen) atoms. The molecule has 2 atom stereocenters. The first-order valence-electron chi connectivity index (χ1n) is 9.27. The Morgan fingerprint density at radius 3 is 3.15 bits per heavy atom. The molecule has 1 aliphatic heterocycles. The Balaban J connectivity index is 1.55. The number of rotatable bonds is 6. The van der Waals surface area contributed by atoms with E-state index >= 15 is 0 Å². The van der Waals surface area contributed by atoms with Gasteiger partial charge in [-0.3, -0.25) is 9.38 Å². The molecule has 0 aliphatic carbocycles. The van der Waals surface area contributed by atoms with Gasteiger partial charge in [-0.25, -0.2) is 9.97 Å². The molecule has 1 aliphatic rings. The Morgan fingerprint density at radius 1 is 1.41 bits per heavy atom. The van der Waals surface area contributed by atoms with Crippen LogP contribution in [-0.2, 0) is 0 Å². The number of aromatic nitrogens is 4. The van der Waals surface area contributed by atoms with Crippen LogP contribution < -0.4 is 15.4 Å². The third kappa shape index (κ3) is 4.17. The second-order valence-corrected chi connectivity index (χ2v) is 6.87. The predicted molar refractivity (Wildman–Crippen MR) is 103 cm³/mol. The molecule has 2 unspecified atom stereocenters. The van der Waals surface area contributed by atoms with Crippen LogP contribution in [0, 0.1) is 0 Å². The molecule has 8 nitrogen and oxygen atoms in total. The molecule has 0 aromatic carbocycles. The predicted octanol–water partition coefficient (Wildman–Crippen LogP) is 1.71. The van der Waals surface area contributed by atoms with E-state index in [9.17, 15) is 5.11 Å². The van der Waals surface area contributed by atoms with Gasteiger partial charge >= 0.3 is 0 Å². The molecule has 3 aromatic heterocycles. The molecule has 0 saturated carbocycles. The van der Waals surface area contributed by atoms with E-state index < -0.39 is 6.10 Å². The van der Waals surface area contributed by atoms with Crippen LogP contribution in [0.3, 0.4) is 0 Å². The van der Waals surface area contributed by atoms with Crippen molar-refractivity contribution in [3.63, 3.8) is 0 Å². The third-order valence-electron chi connectivity index (χ3n) is 4.52. The number of aliphatic hydroxyl groups is 1. The first-order chi connectivity index (χ1) is 13.2. The van der Waals surface area contributed by atoms with Gasteiger partial charge in [0, 0.05) is 24.8 Å². The molecule has 1 fully saturated rings. The van der Waals surface area contributed by atoms with Gasteiger partial charge in [-0.15, -0.1) is 0 Å². The summed E-state index contributed by atoms with van der Waals surface area (Å²) >= 11 is 0. The Morgan fingerprint density at radius 2 is 2.33 bits per heavy atom. The fourth-order valence-electron chi connectivity index (χ4n) is 3.20. The normalized spacial score (nSPS) is 18.4. The molecule has 3 N–H and O–H groups in total.